The van der Waals surface area contributed by atoms with Gasteiger partial charge in [-0.1, -0.05) is 27.7 Å². The molecule has 0 aliphatic rings. The summed E-state index contributed by atoms with van der Waals surface area (Å²) in [5, 5.41) is 2.98. The highest BCUT2D eigenvalue weighted by Gasteiger charge is 2.19. The molecule has 0 fully saturated rings. The molecule has 0 aliphatic heterocycles. The topological polar surface area (TPSA) is 58.4 Å². The van der Waals surface area contributed by atoms with Crippen LogP contribution >= 0.6 is 0 Å². The van der Waals surface area contributed by atoms with Gasteiger partial charge in [0.2, 0.25) is 5.91 Å². The van der Waals surface area contributed by atoms with Crippen molar-refractivity contribution in [1.82, 2.24) is 10.2 Å². The monoisotopic (exact) mass is 243 g/mol. The Bertz CT molecular complexity index is 207. The van der Waals surface area contributed by atoms with Crippen LogP contribution in [-0.2, 0) is 4.79 Å². The normalized spacial score (nSPS) is 13.1. The average Bonchev–Trinajstić information content (AvgIpc) is 2.28. The van der Waals surface area contributed by atoms with Gasteiger partial charge in [0.25, 0.3) is 0 Å². The molecule has 0 saturated carbocycles. The first-order chi connectivity index (χ1) is 8.06. The molecule has 3 N–H and O–H groups in total. The zero-order valence-corrected chi connectivity index (χ0v) is 11.8. The van der Waals surface area contributed by atoms with Crippen LogP contribution in [0.1, 0.15) is 34.1 Å². The summed E-state index contributed by atoms with van der Waals surface area (Å²) in [5.74, 6) is 0.337. The fourth-order valence-electron chi connectivity index (χ4n) is 1.89. The van der Waals surface area contributed by atoms with Gasteiger partial charge in [0.05, 0.1) is 5.92 Å². The molecule has 0 spiro atoms. The largest absolute Gasteiger partial charge is 0.355 e. The number of hydrogen-bond acceptors (Lipinski definition) is 3. The maximum absolute atomic E-state index is 11.8. The van der Waals surface area contributed by atoms with E-state index in [9.17, 15) is 4.79 Å². The number of nitrogens with one attached hydrogen (secondary N) is 1. The summed E-state index contributed by atoms with van der Waals surface area (Å²) in [6.45, 7) is 12.6. The third-order valence-electron chi connectivity index (χ3n) is 3.11. The molecule has 1 atom stereocenters. The Kier molecular flexibility index (Phi) is 9.09. The van der Waals surface area contributed by atoms with E-state index in [1.165, 1.54) is 0 Å². The summed E-state index contributed by atoms with van der Waals surface area (Å²) in [7, 11) is 0. The van der Waals surface area contributed by atoms with E-state index in [-0.39, 0.29) is 11.8 Å². The summed E-state index contributed by atoms with van der Waals surface area (Å²) >= 11 is 0. The molecule has 0 heterocycles. The van der Waals surface area contributed by atoms with E-state index in [1.807, 2.05) is 13.8 Å². The third kappa shape index (κ3) is 6.64. The van der Waals surface area contributed by atoms with Crippen molar-refractivity contribution >= 4 is 5.91 Å². The highest BCUT2D eigenvalue weighted by molar-refractivity contribution is 5.79. The van der Waals surface area contributed by atoms with Gasteiger partial charge in [-0.05, 0) is 25.4 Å². The van der Waals surface area contributed by atoms with E-state index in [2.05, 4.69) is 24.1 Å². The van der Waals surface area contributed by atoms with Gasteiger partial charge in [-0.15, -0.1) is 0 Å². The van der Waals surface area contributed by atoms with E-state index in [1.54, 1.807) is 0 Å². The van der Waals surface area contributed by atoms with Crippen molar-refractivity contribution in [2.45, 2.75) is 34.1 Å². The third-order valence-corrected chi connectivity index (χ3v) is 3.11. The Labute approximate surface area is 106 Å². The first-order valence-corrected chi connectivity index (χ1v) is 6.76. The molecule has 0 rings (SSSR count). The van der Waals surface area contributed by atoms with Crippen LogP contribution in [-0.4, -0.2) is 43.5 Å². The lowest BCUT2D eigenvalue weighted by Crippen LogP contribution is -2.41. The number of amides is 1. The Morgan fingerprint density at radius 1 is 1.29 bits per heavy atom. The van der Waals surface area contributed by atoms with E-state index < -0.39 is 0 Å². The molecule has 1 amide bonds. The molecule has 0 aliphatic carbocycles. The lowest BCUT2D eigenvalue weighted by atomic mass is 9.95. The van der Waals surface area contributed by atoms with Gasteiger partial charge >= 0.3 is 0 Å². The molecule has 102 valence electrons. The molecule has 0 aromatic rings. The molecular formula is C13H29N3O. The molecule has 0 saturated heterocycles. The molecule has 0 aromatic carbocycles. The number of nitrogens with zero attached hydrogens (tertiary/aromatic N) is 1. The van der Waals surface area contributed by atoms with Crippen molar-refractivity contribution in [2.24, 2.45) is 17.6 Å². The highest BCUT2D eigenvalue weighted by Crippen LogP contribution is 2.08. The molecule has 4 heteroatoms. The van der Waals surface area contributed by atoms with Crippen LogP contribution in [0.15, 0.2) is 0 Å². The van der Waals surface area contributed by atoms with Crippen LogP contribution in [0.3, 0.4) is 0 Å². The summed E-state index contributed by atoms with van der Waals surface area (Å²) < 4.78 is 0. The minimum atomic E-state index is -0.0590. The van der Waals surface area contributed by atoms with Crippen molar-refractivity contribution in [3.8, 4) is 0 Å². The first kappa shape index (κ1) is 16.4. The lowest BCUT2D eigenvalue weighted by molar-refractivity contribution is -0.126. The Hall–Kier alpha value is -0.610. The van der Waals surface area contributed by atoms with E-state index in [0.29, 0.717) is 12.5 Å². The summed E-state index contributed by atoms with van der Waals surface area (Å²) in [6.07, 6.45) is 1.15. The van der Waals surface area contributed by atoms with Crippen LogP contribution in [0.2, 0.25) is 0 Å². The van der Waals surface area contributed by atoms with Gasteiger partial charge in [-0.3, -0.25) is 4.79 Å². The predicted molar refractivity (Wildman–Crippen MR) is 72.8 cm³/mol. The fourth-order valence-corrected chi connectivity index (χ4v) is 1.89. The molecule has 4 nitrogen and oxygen atoms in total. The molecule has 0 bridgehead atoms. The van der Waals surface area contributed by atoms with Gasteiger partial charge in [0.1, 0.15) is 0 Å². The second-order valence-electron chi connectivity index (χ2n) is 4.81. The summed E-state index contributed by atoms with van der Waals surface area (Å²) in [6, 6.07) is 0. The minimum Gasteiger partial charge on any atom is -0.355 e. The quantitative estimate of drug-likeness (QED) is 0.637. The molecule has 1 unspecified atom stereocenters. The lowest BCUT2D eigenvalue weighted by Gasteiger charge is -2.22. The van der Waals surface area contributed by atoms with Gasteiger partial charge in [0.15, 0.2) is 0 Å². The SMILES string of the molecule is CCCN(CC)CCNC(=O)C(CN)C(C)C. The summed E-state index contributed by atoms with van der Waals surface area (Å²) in [5.41, 5.74) is 5.61. The zero-order chi connectivity index (χ0) is 13.3. The molecular weight excluding hydrogens is 214 g/mol. The number of carbonyl (C=O) groups excluding carboxylic acids is 1. The Balaban J connectivity index is 3.90. The minimum absolute atomic E-state index is 0.0590. The second kappa shape index (κ2) is 9.42. The molecule has 0 aromatic heterocycles. The van der Waals surface area contributed by atoms with Crippen LogP contribution in [0.5, 0.6) is 0 Å². The maximum atomic E-state index is 11.8. The van der Waals surface area contributed by atoms with Crippen LogP contribution in [0.4, 0.5) is 0 Å². The predicted octanol–water partition coefficient (Wildman–Crippen LogP) is 1.07. The van der Waals surface area contributed by atoms with Crippen LogP contribution in [0, 0.1) is 11.8 Å². The van der Waals surface area contributed by atoms with E-state index >= 15 is 0 Å². The Morgan fingerprint density at radius 3 is 2.35 bits per heavy atom. The average molecular weight is 243 g/mol. The molecule has 17 heavy (non-hydrogen) atoms. The number of hydrogen-bond donors (Lipinski definition) is 2. The fraction of sp³-hybridized carbons (Fsp3) is 0.923. The van der Waals surface area contributed by atoms with E-state index in [0.717, 1.165) is 32.6 Å². The second-order valence-corrected chi connectivity index (χ2v) is 4.81. The summed E-state index contributed by atoms with van der Waals surface area (Å²) in [4.78, 5) is 14.2. The van der Waals surface area contributed by atoms with Crippen LogP contribution in [0.25, 0.3) is 0 Å². The van der Waals surface area contributed by atoms with Gasteiger partial charge < -0.3 is 16.0 Å². The van der Waals surface area contributed by atoms with Crippen molar-refractivity contribution < 1.29 is 4.79 Å². The number of carbonyl (C=O) groups is 1. The number of nitrogens with two attached hydrogens (primary N) is 1. The first-order valence-electron chi connectivity index (χ1n) is 6.76. The van der Waals surface area contributed by atoms with Gasteiger partial charge in [-0.2, -0.15) is 0 Å². The van der Waals surface area contributed by atoms with Gasteiger partial charge in [-0.25, -0.2) is 0 Å². The highest BCUT2D eigenvalue weighted by atomic mass is 16.1. The standard InChI is InChI=1S/C13H29N3O/c1-5-8-16(6-2)9-7-15-13(17)12(10-14)11(3)4/h11-12H,5-10,14H2,1-4H3,(H,15,17). The van der Waals surface area contributed by atoms with E-state index in [4.69, 9.17) is 5.73 Å². The number of rotatable bonds is 9. The van der Waals surface area contributed by atoms with Crippen molar-refractivity contribution in [2.75, 3.05) is 32.7 Å². The zero-order valence-electron chi connectivity index (χ0n) is 11.8. The van der Waals surface area contributed by atoms with Crippen LogP contribution < -0.4 is 11.1 Å². The van der Waals surface area contributed by atoms with Crippen molar-refractivity contribution in [3.05, 3.63) is 0 Å². The smallest absolute Gasteiger partial charge is 0.224 e. The van der Waals surface area contributed by atoms with Crippen molar-refractivity contribution in [1.29, 1.82) is 0 Å². The maximum Gasteiger partial charge on any atom is 0.224 e. The number of likely N-dealkylation sites (N-methyl/N-ethyl adjacent to an activating group) is 1. The Morgan fingerprint density at radius 2 is 1.94 bits per heavy atom. The molecule has 0 radical (unpaired) electrons. The van der Waals surface area contributed by atoms with Gasteiger partial charge in [0, 0.05) is 19.6 Å². The van der Waals surface area contributed by atoms with Crippen molar-refractivity contribution in [3.63, 3.8) is 0 Å².